The largest absolute Gasteiger partial charge is 0.348 e. The summed E-state index contributed by atoms with van der Waals surface area (Å²) in [7, 11) is 0. The first kappa shape index (κ1) is 9.56. The topological polar surface area (TPSA) is 105 Å². The highest BCUT2D eigenvalue weighted by Crippen LogP contribution is 1.78. The molecule has 0 aromatic carbocycles. The minimum atomic E-state index is -1.04. The average Bonchev–Trinajstić information content (AvgIpc) is 1.85. The van der Waals surface area contributed by atoms with E-state index >= 15 is 0 Å². The second-order valence-electron chi connectivity index (χ2n) is 1.44. The van der Waals surface area contributed by atoms with Gasteiger partial charge in [0, 0.05) is 4.92 Å². The molecule has 0 atom stereocenters. The summed E-state index contributed by atoms with van der Waals surface area (Å²) >= 11 is 0. The van der Waals surface area contributed by atoms with Crippen molar-refractivity contribution in [3.05, 3.63) is 20.2 Å². The van der Waals surface area contributed by atoms with E-state index in [-0.39, 0.29) is 13.2 Å². The molecule has 0 aliphatic rings. The highest BCUT2D eigenvalue weighted by atomic mass is 17.0. The molecule has 0 rings (SSSR count). The normalized spacial score (nSPS) is 9.09. The minimum Gasteiger partial charge on any atom is -0.348 e. The molecule has 0 saturated heterocycles. The molecule has 0 amide bonds. The summed E-state index contributed by atoms with van der Waals surface area (Å²) in [6.07, 6.45) is 0. The standard InChI is InChI=1S/C3H6N2O6/c6-4(7)1-2-10-3-11-5(8)9/h1-3H2. The summed E-state index contributed by atoms with van der Waals surface area (Å²) in [5, 5.41) is 18.1. The van der Waals surface area contributed by atoms with Gasteiger partial charge in [-0.05, 0) is 0 Å². The van der Waals surface area contributed by atoms with Crippen LogP contribution < -0.4 is 0 Å². The Morgan fingerprint density at radius 3 is 2.36 bits per heavy atom. The van der Waals surface area contributed by atoms with Crippen molar-refractivity contribution in [1.82, 2.24) is 0 Å². The lowest BCUT2D eigenvalue weighted by Gasteiger charge is -1.97. The fourth-order valence-electron chi connectivity index (χ4n) is 0.278. The van der Waals surface area contributed by atoms with E-state index in [4.69, 9.17) is 0 Å². The molecule has 0 bridgehead atoms. The Hall–Kier alpha value is -1.44. The molecule has 0 radical (unpaired) electrons. The summed E-state index contributed by atoms with van der Waals surface area (Å²) < 4.78 is 4.35. The fourth-order valence-corrected chi connectivity index (χ4v) is 0.278. The van der Waals surface area contributed by atoms with Gasteiger partial charge in [-0.2, -0.15) is 0 Å². The van der Waals surface area contributed by atoms with Gasteiger partial charge in [-0.15, -0.1) is 10.1 Å². The maximum absolute atomic E-state index is 9.65. The molecule has 0 spiro atoms. The number of ether oxygens (including phenoxy) is 1. The van der Waals surface area contributed by atoms with Gasteiger partial charge in [-0.3, -0.25) is 15.0 Å². The Morgan fingerprint density at radius 2 is 1.91 bits per heavy atom. The molecule has 0 aromatic rings. The lowest BCUT2D eigenvalue weighted by molar-refractivity contribution is -0.767. The summed E-state index contributed by atoms with van der Waals surface area (Å²) in [6, 6.07) is 0. The molecule has 11 heavy (non-hydrogen) atoms. The van der Waals surface area contributed by atoms with E-state index in [1.807, 2.05) is 0 Å². The van der Waals surface area contributed by atoms with E-state index in [0.717, 1.165) is 0 Å². The predicted molar refractivity (Wildman–Crippen MR) is 30.8 cm³/mol. The summed E-state index contributed by atoms with van der Waals surface area (Å²) in [4.78, 5) is 22.2. The number of nitro groups is 1. The molecule has 0 fully saturated rings. The summed E-state index contributed by atoms with van der Waals surface area (Å²) in [5.74, 6) is 0. The van der Waals surface area contributed by atoms with E-state index < -0.39 is 16.8 Å². The zero-order valence-electron chi connectivity index (χ0n) is 5.47. The van der Waals surface area contributed by atoms with Gasteiger partial charge in [0.2, 0.25) is 6.54 Å². The van der Waals surface area contributed by atoms with Crippen molar-refractivity contribution in [2.24, 2.45) is 0 Å². The third kappa shape index (κ3) is 8.56. The first-order valence-corrected chi connectivity index (χ1v) is 2.60. The van der Waals surface area contributed by atoms with Gasteiger partial charge in [-0.1, -0.05) is 0 Å². The van der Waals surface area contributed by atoms with Crippen molar-refractivity contribution < 1.29 is 19.6 Å². The minimum absolute atomic E-state index is 0.194. The molecule has 8 heteroatoms. The third-order valence-corrected chi connectivity index (χ3v) is 0.660. The van der Waals surface area contributed by atoms with Crippen LogP contribution in [0.4, 0.5) is 0 Å². The Balaban J connectivity index is 3.03. The van der Waals surface area contributed by atoms with Gasteiger partial charge in [0.15, 0.2) is 6.79 Å². The van der Waals surface area contributed by atoms with Crippen LogP contribution in [0.2, 0.25) is 0 Å². The molecule has 64 valence electrons. The van der Waals surface area contributed by atoms with E-state index in [1.54, 1.807) is 0 Å². The van der Waals surface area contributed by atoms with Gasteiger partial charge >= 0.3 is 0 Å². The van der Waals surface area contributed by atoms with Crippen molar-refractivity contribution in [1.29, 1.82) is 0 Å². The van der Waals surface area contributed by atoms with Crippen LogP contribution >= 0.6 is 0 Å². The smallest absolute Gasteiger partial charge is 0.296 e. The Labute approximate surface area is 61.0 Å². The van der Waals surface area contributed by atoms with Crippen LogP contribution in [0.3, 0.4) is 0 Å². The van der Waals surface area contributed by atoms with Crippen LogP contribution in [-0.2, 0) is 9.57 Å². The second kappa shape index (κ2) is 5.35. The van der Waals surface area contributed by atoms with Gasteiger partial charge in [0.25, 0.3) is 5.09 Å². The fraction of sp³-hybridized carbons (Fsp3) is 1.00. The summed E-state index contributed by atoms with van der Waals surface area (Å²) in [5.41, 5.74) is 0. The molecular weight excluding hydrogens is 160 g/mol. The third-order valence-electron chi connectivity index (χ3n) is 0.660. The zero-order valence-corrected chi connectivity index (χ0v) is 5.47. The average molecular weight is 166 g/mol. The lowest BCUT2D eigenvalue weighted by Crippen LogP contribution is -2.12. The van der Waals surface area contributed by atoms with E-state index in [9.17, 15) is 20.2 Å². The second-order valence-corrected chi connectivity index (χ2v) is 1.44. The van der Waals surface area contributed by atoms with Crippen LogP contribution in [0.1, 0.15) is 0 Å². The first-order valence-electron chi connectivity index (χ1n) is 2.60. The molecule has 0 aromatic heterocycles. The molecule has 0 aliphatic carbocycles. The Kier molecular flexibility index (Phi) is 4.65. The SMILES string of the molecule is O=[N+]([O-])CCOCO[N+](=O)[O-]. The number of hydrogen-bond donors (Lipinski definition) is 0. The van der Waals surface area contributed by atoms with Crippen LogP contribution in [0, 0.1) is 20.2 Å². The number of hydrogen-bond acceptors (Lipinski definition) is 6. The molecule has 0 aliphatic heterocycles. The Bertz CT molecular complexity index is 131. The van der Waals surface area contributed by atoms with Gasteiger partial charge in [0.1, 0.15) is 6.61 Å². The van der Waals surface area contributed by atoms with Crippen molar-refractivity contribution in [2.45, 2.75) is 0 Å². The molecule has 0 unspecified atom stereocenters. The molecular formula is C3H6N2O6. The van der Waals surface area contributed by atoms with Crippen molar-refractivity contribution in [3.63, 3.8) is 0 Å². The van der Waals surface area contributed by atoms with Gasteiger partial charge in [-0.25, -0.2) is 0 Å². The Morgan fingerprint density at radius 1 is 1.27 bits per heavy atom. The maximum Gasteiger partial charge on any atom is 0.296 e. The number of rotatable bonds is 6. The van der Waals surface area contributed by atoms with Crippen molar-refractivity contribution >= 4 is 0 Å². The zero-order chi connectivity index (χ0) is 8.69. The number of nitrogens with zero attached hydrogens (tertiary/aromatic N) is 2. The quantitative estimate of drug-likeness (QED) is 0.227. The maximum atomic E-state index is 9.65. The van der Waals surface area contributed by atoms with Crippen LogP contribution in [0.25, 0.3) is 0 Å². The highest BCUT2D eigenvalue weighted by molar-refractivity contribution is 4.21. The molecule has 8 nitrogen and oxygen atoms in total. The molecule has 0 heterocycles. The van der Waals surface area contributed by atoms with Crippen molar-refractivity contribution in [3.8, 4) is 0 Å². The van der Waals surface area contributed by atoms with Crippen LogP contribution in [-0.4, -0.2) is 30.0 Å². The lowest BCUT2D eigenvalue weighted by atomic mass is 10.7. The molecule has 0 saturated carbocycles. The predicted octanol–water partition coefficient (Wildman–Crippen LogP) is -0.554. The highest BCUT2D eigenvalue weighted by Gasteiger charge is 1.97. The van der Waals surface area contributed by atoms with Crippen LogP contribution in [0.5, 0.6) is 0 Å². The first-order chi connectivity index (χ1) is 5.13. The van der Waals surface area contributed by atoms with E-state index in [1.165, 1.54) is 0 Å². The van der Waals surface area contributed by atoms with E-state index in [0.29, 0.717) is 0 Å². The molecule has 0 N–H and O–H groups in total. The van der Waals surface area contributed by atoms with Gasteiger partial charge in [0.05, 0.1) is 0 Å². The van der Waals surface area contributed by atoms with Crippen molar-refractivity contribution in [2.75, 3.05) is 19.9 Å². The monoisotopic (exact) mass is 166 g/mol. The van der Waals surface area contributed by atoms with Gasteiger partial charge < -0.3 is 4.74 Å². The summed E-state index contributed by atoms with van der Waals surface area (Å²) in [6.45, 7) is -1.15. The van der Waals surface area contributed by atoms with E-state index in [2.05, 4.69) is 9.57 Å². The van der Waals surface area contributed by atoms with Crippen LogP contribution in [0.15, 0.2) is 0 Å².